The minimum atomic E-state index is -0.961. The van der Waals surface area contributed by atoms with Gasteiger partial charge in [0.15, 0.2) is 0 Å². The Hall–Kier alpha value is -1.27. The zero-order chi connectivity index (χ0) is 14.3. The Bertz CT molecular complexity index is 509. The lowest BCUT2D eigenvalue weighted by Crippen LogP contribution is -2.15. The summed E-state index contributed by atoms with van der Waals surface area (Å²) in [5, 5.41) is 21.0. The topological polar surface area (TPSA) is 63.8 Å². The average Bonchev–Trinajstić information content (AvgIpc) is 2.84. The van der Waals surface area contributed by atoms with Crippen molar-refractivity contribution in [3.63, 3.8) is 0 Å². The number of hydrogen-bond acceptors (Lipinski definition) is 5. The van der Waals surface area contributed by atoms with Gasteiger partial charge in [0.1, 0.15) is 11.3 Å². The SMILES string of the molecule is CC(C)(C)c1nc(Cn2cc(C(C)(C)O)nn2)cs1. The minimum absolute atomic E-state index is 0.0729. The first kappa shape index (κ1) is 14.1. The lowest BCUT2D eigenvalue weighted by Gasteiger charge is -2.13. The smallest absolute Gasteiger partial charge is 0.114 e. The molecule has 6 heteroatoms. The second-order valence-electron chi connectivity index (χ2n) is 6.25. The van der Waals surface area contributed by atoms with Crippen LogP contribution in [0.2, 0.25) is 0 Å². The Morgan fingerprint density at radius 3 is 2.42 bits per heavy atom. The third-order valence-corrected chi connectivity index (χ3v) is 4.00. The number of nitrogens with zero attached hydrogens (tertiary/aromatic N) is 4. The highest BCUT2D eigenvalue weighted by Crippen LogP contribution is 2.25. The van der Waals surface area contributed by atoms with E-state index < -0.39 is 5.60 Å². The van der Waals surface area contributed by atoms with Crippen LogP contribution < -0.4 is 0 Å². The summed E-state index contributed by atoms with van der Waals surface area (Å²) in [5.74, 6) is 0. The van der Waals surface area contributed by atoms with Gasteiger partial charge in [-0.05, 0) is 13.8 Å². The summed E-state index contributed by atoms with van der Waals surface area (Å²) in [5.41, 5.74) is 0.654. The lowest BCUT2D eigenvalue weighted by molar-refractivity contribution is 0.0737. The molecule has 0 amide bonds. The quantitative estimate of drug-likeness (QED) is 0.937. The zero-order valence-corrected chi connectivity index (χ0v) is 12.8. The first-order valence-electron chi connectivity index (χ1n) is 6.24. The van der Waals surface area contributed by atoms with E-state index in [1.165, 1.54) is 0 Å². The van der Waals surface area contributed by atoms with Crippen LogP contribution in [0.25, 0.3) is 0 Å². The highest BCUT2D eigenvalue weighted by atomic mass is 32.1. The Morgan fingerprint density at radius 1 is 1.26 bits per heavy atom. The molecule has 0 aliphatic carbocycles. The zero-order valence-electron chi connectivity index (χ0n) is 12.0. The van der Waals surface area contributed by atoms with Gasteiger partial charge in [0, 0.05) is 10.8 Å². The van der Waals surface area contributed by atoms with Crippen LogP contribution >= 0.6 is 11.3 Å². The monoisotopic (exact) mass is 280 g/mol. The summed E-state index contributed by atoms with van der Waals surface area (Å²) in [7, 11) is 0. The molecule has 0 spiro atoms. The molecule has 19 heavy (non-hydrogen) atoms. The van der Waals surface area contributed by atoms with Gasteiger partial charge in [-0.3, -0.25) is 0 Å². The third kappa shape index (κ3) is 3.39. The van der Waals surface area contributed by atoms with E-state index in [9.17, 15) is 5.11 Å². The molecule has 0 radical (unpaired) electrons. The molecule has 0 saturated heterocycles. The maximum absolute atomic E-state index is 9.85. The summed E-state index contributed by atoms with van der Waals surface area (Å²) in [6, 6.07) is 0. The van der Waals surface area contributed by atoms with Crippen LogP contribution in [-0.2, 0) is 17.6 Å². The van der Waals surface area contributed by atoms with Crippen LogP contribution in [-0.4, -0.2) is 25.1 Å². The fourth-order valence-electron chi connectivity index (χ4n) is 1.55. The Morgan fingerprint density at radius 2 is 1.95 bits per heavy atom. The van der Waals surface area contributed by atoms with Gasteiger partial charge in [-0.2, -0.15) is 0 Å². The molecular formula is C13H20N4OS. The number of rotatable bonds is 3. The van der Waals surface area contributed by atoms with Crippen LogP contribution in [0.5, 0.6) is 0 Å². The standard InChI is InChI=1S/C13H20N4OS/c1-12(2,3)11-14-9(8-19-11)6-17-7-10(15-16-17)13(4,5)18/h7-8,18H,6H2,1-5H3. The molecular weight excluding hydrogens is 260 g/mol. The van der Waals surface area contributed by atoms with Gasteiger partial charge < -0.3 is 5.11 Å². The fourth-order valence-corrected chi connectivity index (χ4v) is 2.44. The molecule has 2 aromatic heterocycles. The summed E-state index contributed by atoms with van der Waals surface area (Å²) in [6.45, 7) is 10.4. The molecule has 1 N–H and O–H groups in total. The van der Waals surface area contributed by atoms with Crippen LogP contribution in [0.4, 0.5) is 0 Å². The largest absolute Gasteiger partial charge is 0.384 e. The molecule has 2 rings (SSSR count). The van der Waals surface area contributed by atoms with Crippen molar-refractivity contribution >= 4 is 11.3 Å². The van der Waals surface area contributed by atoms with Crippen molar-refractivity contribution in [2.24, 2.45) is 0 Å². The van der Waals surface area contributed by atoms with E-state index in [4.69, 9.17) is 0 Å². The second kappa shape index (κ2) is 4.68. The summed E-state index contributed by atoms with van der Waals surface area (Å²) in [4.78, 5) is 4.62. The Balaban J connectivity index is 2.14. The maximum Gasteiger partial charge on any atom is 0.114 e. The molecule has 0 bridgehead atoms. The van der Waals surface area contributed by atoms with Crippen LogP contribution in [0.15, 0.2) is 11.6 Å². The molecule has 0 saturated carbocycles. The van der Waals surface area contributed by atoms with Gasteiger partial charge in [0.2, 0.25) is 0 Å². The van der Waals surface area contributed by atoms with Crippen molar-refractivity contribution in [2.45, 2.75) is 52.2 Å². The van der Waals surface area contributed by atoms with Crippen molar-refractivity contribution in [3.05, 3.63) is 28.0 Å². The molecule has 0 aliphatic heterocycles. The van der Waals surface area contributed by atoms with Gasteiger partial charge in [0.05, 0.1) is 23.4 Å². The number of aliphatic hydroxyl groups is 1. The van der Waals surface area contributed by atoms with Gasteiger partial charge in [-0.15, -0.1) is 16.4 Å². The summed E-state index contributed by atoms with van der Waals surface area (Å²) >= 11 is 1.67. The molecule has 5 nitrogen and oxygen atoms in total. The van der Waals surface area contributed by atoms with Crippen molar-refractivity contribution < 1.29 is 5.11 Å². The van der Waals surface area contributed by atoms with E-state index >= 15 is 0 Å². The maximum atomic E-state index is 9.85. The van der Waals surface area contributed by atoms with Crippen molar-refractivity contribution in [1.82, 2.24) is 20.0 Å². The Labute approximate surface area is 117 Å². The van der Waals surface area contributed by atoms with E-state index in [-0.39, 0.29) is 5.41 Å². The van der Waals surface area contributed by atoms with E-state index in [2.05, 4.69) is 36.1 Å². The molecule has 0 unspecified atom stereocenters. The Kier molecular flexibility index (Phi) is 3.49. The van der Waals surface area contributed by atoms with E-state index in [0.29, 0.717) is 12.2 Å². The molecule has 2 aromatic rings. The molecule has 0 aromatic carbocycles. The van der Waals surface area contributed by atoms with Crippen molar-refractivity contribution in [1.29, 1.82) is 0 Å². The van der Waals surface area contributed by atoms with Gasteiger partial charge >= 0.3 is 0 Å². The van der Waals surface area contributed by atoms with Crippen molar-refractivity contribution in [3.8, 4) is 0 Å². The van der Waals surface area contributed by atoms with Crippen LogP contribution in [0.1, 0.15) is 51.0 Å². The third-order valence-electron chi connectivity index (χ3n) is 2.68. The van der Waals surface area contributed by atoms with Crippen LogP contribution in [0, 0.1) is 0 Å². The van der Waals surface area contributed by atoms with E-state index in [1.807, 2.05) is 5.38 Å². The number of thiazole rings is 1. The molecule has 0 fully saturated rings. The number of aromatic nitrogens is 4. The normalized spacial score (nSPS) is 12.9. The van der Waals surface area contributed by atoms with E-state index in [0.717, 1.165) is 10.7 Å². The highest BCUT2D eigenvalue weighted by molar-refractivity contribution is 7.09. The molecule has 2 heterocycles. The predicted octanol–water partition coefficient (Wildman–Crippen LogP) is 2.31. The van der Waals surface area contributed by atoms with Gasteiger partial charge in [-0.25, -0.2) is 9.67 Å². The number of hydrogen-bond donors (Lipinski definition) is 1. The fraction of sp³-hybridized carbons (Fsp3) is 0.615. The van der Waals surface area contributed by atoms with Crippen molar-refractivity contribution in [2.75, 3.05) is 0 Å². The first-order valence-corrected chi connectivity index (χ1v) is 7.12. The summed E-state index contributed by atoms with van der Waals surface area (Å²) < 4.78 is 1.70. The second-order valence-corrected chi connectivity index (χ2v) is 7.11. The lowest BCUT2D eigenvalue weighted by atomic mass is 9.98. The average molecular weight is 280 g/mol. The molecule has 104 valence electrons. The van der Waals surface area contributed by atoms with Gasteiger partial charge in [0.25, 0.3) is 0 Å². The molecule has 0 aliphatic rings. The summed E-state index contributed by atoms with van der Waals surface area (Å²) in [6.07, 6.45) is 1.76. The predicted molar refractivity (Wildman–Crippen MR) is 75.2 cm³/mol. The highest BCUT2D eigenvalue weighted by Gasteiger charge is 2.21. The van der Waals surface area contributed by atoms with E-state index in [1.54, 1.807) is 36.1 Å². The molecule has 0 atom stereocenters. The first-order chi connectivity index (χ1) is 8.66. The minimum Gasteiger partial charge on any atom is -0.384 e. The van der Waals surface area contributed by atoms with Gasteiger partial charge in [-0.1, -0.05) is 26.0 Å². The van der Waals surface area contributed by atoms with Crippen LogP contribution in [0.3, 0.4) is 0 Å².